The highest BCUT2D eigenvalue weighted by Gasteiger charge is 2.22. The lowest BCUT2D eigenvalue weighted by Crippen LogP contribution is -2.34. The average Bonchev–Trinajstić information content (AvgIpc) is 2.16. The molecule has 0 aromatic heterocycles. The Morgan fingerprint density at radius 3 is 2.87 bits per heavy atom. The molecule has 4 heteroatoms. The summed E-state index contributed by atoms with van der Waals surface area (Å²) >= 11 is 0. The number of fused-ring (bicyclic) bond motifs is 1. The van der Waals surface area contributed by atoms with Crippen LogP contribution in [0, 0.1) is 0 Å². The predicted octanol–water partition coefficient (Wildman–Crippen LogP) is 0.918. The molecule has 0 spiro atoms. The van der Waals surface area contributed by atoms with Gasteiger partial charge in [0.05, 0.1) is 5.75 Å². The van der Waals surface area contributed by atoms with Crippen LogP contribution in [0.4, 0.5) is 0 Å². The third-order valence-corrected chi connectivity index (χ3v) is 3.62. The quantitative estimate of drug-likeness (QED) is 0.814. The zero-order chi connectivity index (χ0) is 10.9. The topological polar surface area (TPSA) is 46.2 Å². The van der Waals surface area contributed by atoms with Crippen molar-refractivity contribution >= 4 is 9.84 Å². The SMILES string of the molecule is CS(=O)(=O)CC1NCCc2ccccc21. The minimum Gasteiger partial charge on any atom is -0.309 e. The van der Waals surface area contributed by atoms with Crippen LogP contribution in [0.2, 0.25) is 0 Å². The highest BCUT2D eigenvalue weighted by molar-refractivity contribution is 7.90. The normalized spacial score (nSPS) is 21.0. The smallest absolute Gasteiger partial charge is 0.149 e. The van der Waals surface area contributed by atoms with Gasteiger partial charge >= 0.3 is 0 Å². The van der Waals surface area contributed by atoms with Crippen molar-refractivity contribution in [3.63, 3.8) is 0 Å². The van der Waals surface area contributed by atoms with E-state index < -0.39 is 9.84 Å². The van der Waals surface area contributed by atoms with Crippen LogP contribution >= 0.6 is 0 Å². The summed E-state index contributed by atoms with van der Waals surface area (Å²) in [5.41, 5.74) is 2.40. The van der Waals surface area contributed by atoms with Crippen molar-refractivity contribution in [3.8, 4) is 0 Å². The van der Waals surface area contributed by atoms with E-state index in [9.17, 15) is 8.42 Å². The van der Waals surface area contributed by atoms with Gasteiger partial charge in [-0.2, -0.15) is 0 Å². The number of benzene rings is 1. The van der Waals surface area contributed by atoms with Crippen LogP contribution in [0.25, 0.3) is 0 Å². The third kappa shape index (κ3) is 2.58. The summed E-state index contributed by atoms with van der Waals surface area (Å²) in [6, 6.07) is 8.01. The van der Waals surface area contributed by atoms with E-state index >= 15 is 0 Å². The minimum atomic E-state index is -2.93. The van der Waals surface area contributed by atoms with Crippen LogP contribution in [0.3, 0.4) is 0 Å². The molecule has 0 radical (unpaired) electrons. The second-order valence-corrected chi connectivity index (χ2v) is 6.23. The van der Waals surface area contributed by atoms with Crippen molar-refractivity contribution < 1.29 is 8.42 Å². The van der Waals surface area contributed by atoms with Crippen molar-refractivity contribution in [3.05, 3.63) is 35.4 Å². The molecule has 1 heterocycles. The molecule has 1 aliphatic rings. The first-order chi connectivity index (χ1) is 7.06. The lowest BCUT2D eigenvalue weighted by molar-refractivity contribution is 0.528. The summed E-state index contributed by atoms with van der Waals surface area (Å²) in [6.07, 6.45) is 2.27. The fourth-order valence-electron chi connectivity index (χ4n) is 2.04. The first kappa shape index (κ1) is 10.6. The Hall–Kier alpha value is -0.870. The molecule has 1 aromatic carbocycles. The highest BCUT2D eigenvalue weighted by Crippen LogP contribution is 2.23. The molecule has 0 saturated heterocycles. The van der Waals surface area contributed by atoms with Crippen molar-refractivity contribution in [2.45, 2.75) is 12.5 Å². The van der Waals surface area contributed by atoms with E-state index in [2.05, 4.69) is 11.4 Å². The van der Waals surface area contributed by atoms with Crippen molar-refractivity contribution in [1.29, 1.82) is 0 Å². The summed E-state index contributed by atoms with van der Waals surface area (Å²) in [6.45, 7) is 0.858. The van der Waals surface area contributed by atoms with Crippen LogP contribution < -0.4 is 5.32 Å². The summed E-state index contributed by atoms with van der Waals surface area (Å²) < 4.78 is 22.5. The number of rotatable bonds is 2. The van der Waals surface area contributed by atoms with Crippen LogP contribution in [-0.4, -0.2) is 27.0 Å². The van der Waals surface area contributed by atoms with Crippen molar-refractivity contribution in [1.82, 2.24) is 5.32 Å². The van der Waals surface area contributed by atoms with E-state index in [4.69, 9.17) is 0 Å². The van der Waals surface area contributed by atoms with E-state index in [1.54, 1.807) is 0 Å². The largest absolute Gasteiger partial charge is 0.309 e. The van der Waals surface area contributed by atoms with Gasteiger partial charge in [0, 0.05) is 12.3 Å². The monoisotopic (exact) mass is 225 g/mol. The molecular weight excluding hydrogens is 210 g/mol. The molecule has 1 unspecified atom stereocenters. The van der Waals surface area contributed by atoms with Gasteiger partial charge in [-0.15, -0.1) is 0 Å². The molecule has 1 aromatic rings. The molecule has 1 aliphatic heterocycles. The molecule has 0 fully saturated rings. The molecule has 15 heavy (non-hydrogen) atoms. The number of hydrogen-bond acceptors (Lipinski definition) is 3. The molecule has 82 valence electrons. The van der Waals surface area contributed by atoms with Gasteiger partial charge < -0.3 is 5.32 Å². The molecule has 3 nitrogen and oxygen atoms in total. The summed E-state index contributed by atoms with van der Waals surface area (Å²) in [4.78, 5) is 0. The Morgan fingerprint density at radius 2 is 2.13 bits per heavy atom. The Morgan fingerprint density at radius 1 is 1.40 bits per heavy atom. The molecule has 1 N–H and O–H groups in total. The average molecular weight is 225 g/mol. The van der Waals surface area contributed by atoms with Gasteiger partial charge in [0.25, 0.3) is 0 Å². The maximum atomic E-state index is 11.3. The second-order valence-electron chi connectivity index (χ2n) is 4.05. The van der Waals surface area contributed by atoms with Gasteiger partial charge in [-0.3, -0.25) is 0 Å². The zero-order valence-electron chi connectivity index (χ0n) is 8.73. The van der Waals surface area contributed by atoms with E-state index in [1.165, 1.54) is 11.8 Å². The molecule has 0 aliphatic carbocycles. The molecule has 1 atom stereocenters. The lowest BCUT2D eigenvalue weighted by atomic mass is 9.95. The Kier molecular flexibility index (Phi) is 2.80. The summed E-state index contributed by atoms with van der Waals surface area (Å²) in [5, 5.41) is 3.25. The van der Waals surface area contributed by atoms with Gasteiger partial charge in [-0.25, -0.2) is 8.42 Å². The van der Waals surface area contributed by atoms with E-state index in [0.29, 0.717) is 0 Å². The Labute approximate surface area is 90.4 Å². The van der Waals surface area contributed by atoms with Gasteiger partial charge in [0.2, 0.25) is 0 Å². The summed E-state index contributed by atoms with van der Waals surface area (Å²) in [5.74, 6) is 0.185. The second kappa shape index (κ2) is 3.94. The number of sulfone groups is 1. The van der Waals surface area contributed by atoms with Crippen molar-refractivity contribution in [2.75, 3.05) is 18.6 Å². The number of hydrogen-bond donors (Lipinski definition) is 1. The Bertz CT molecular complexity index is 453. The summed E-state index contributed by atoms with van der Waals surface area (Å²) in [7, 11) is -2.93. The first-order valence-corrected chi connectivity index (χ1v) is 7.11. The molecule has 0 amide bonds. The van der Waals surface area contributed by atoms with Crippen LogP contribution in [0.15, 0.2) is 24.3 Å². The maximum absolute atomic E-state index is 11.3. The van der Waals surface area contributed by atoms with E-state index in [0.717, 1.165) is 18.5 Å². The zero-order valence-corrected chi connectivity index (χ0v) is 9.55. The minimum absolute atomic E-state index is 0.0371. The van der Waals surface area contributed by atoms with Gasteiger partial charge in [0.15, 0.2) is 0 Å². The fraction of sp³-hybridized carbons (Fsp3) is 0.455. The van der Waals surface area contributed by atoms with Crippen LogP contribution in [-0.2, 0) is 16.3 Å². The van der Waals surface area contributed by atoms with Gasteiger partial charge in [-0.05, 0) is 24.1 Å². The standard InChI is InChI=1S/C11H15NO2S/c1-15(13,14)8-11-10-5-3-2-4-9(10)6-7-12-11/h2-5,11-12H,6-8H2,1H3. The highest BCUT2D eigenvalue weighted by atomic mass is 32.2. The third-order valence-electron chi connectivity index (χ3n) is 2.69. The fourth-order valence-corrected chi connectivity index (χ4v) is 2.95. The Balaban J connectivity index is 2.30. The molecular formula is C11H15NO2S. The maximum Gasteiger partial charge on any atom is 0.149 e. The van der Waals surface area contributed by atoms with Crippen LogP contribution in [0.1, 0.15) is 17.2 Å². The van der Waals surface area contributed by atoms with Crippen LogP contribution in [0.5, 0.6) is 0 Å². The van der Waals surface area contributed by atoms with Gasteiger partial charge in [0.1, 0.15) is 9.84 Å². The molecule has 0 bridgehead atoms. The molecule has 0 saturated carbocycles. The van der Waals surface area contributed by atoms with Gasteiger partial charge in [-0.1, -0.05) is 24.3 Å². The predicted molar refractivity (Wildman–Crippen MR) is 60.6 cm³/mol. The van der Waals surface area contributed by atoms with E-state index in [1.807, 2.05) is 18.2 Å². The van der Waals surface area contributed by atoms with E-state index in [-0.39, 0.29) is 11.8 Å². The van der Waals surface area contributed by atoms with Crippen molar-refractivity contribution in [2.24, 2.45) is 0 Å². The number of nitrogens with one attached hydrogen (secondary N) is 1. The first-order valence-electron chi connectivity index (χ1n) is 5.05. The lowest BCUT2D eigenvalue weighted by Gasteiger charge is -2.26. The molecule has 2 rings (SSSR count).